The van der Waals surface area contributed by atoms with Crippen molar-refractivity contribution in [3.63, 3.8) is 0 Å². The number of nitrogens with two attached hydrogens (primary N) is 1. The molecule has 1 aromatic carbocycles. The van der Waals surface area contributed by atoms with Crippen LogP contribution in [0.4, 0.5) is 5.69 Å². The van der Waals surface area contributed by atoms with Crippen molar-refractivity contribution < 1.29 is 5.11 Å². The Bertz CT molecular complexity index is 323. The Morgan fingerprint density at radius 2 is 2.21 bits per heavy atom. The number of benzene rings is 1. The van der Waals surface area contributed by atoms with E-state index in [4.69, 9.17) is 10.8 Å². The van der Waals surface area contributed by atoms with Crippen LogP contribution in [0.2, 0.25) is 0 Å². The van der Waals surface area contributed by atoms with E-state index in [1.54, 1.807) is 0 Å². The fraction of sp³-hybridized carbons (Fsp3) is 0.273. The van der Waals surface area contributed by atoms with Gasteiger partial charge in [0.15, 0.2) is 0 Å². The van der Waals surface area contributed by atoms with Crippen molar-refractivity contribution in [1.29, 1.82) is 0 Å². The van der Waals surface area contributed by atoms with Crippen molar-refractivity contribution in [3.05, 3.63) is 35.4 Å². The number of anilines is 1. The fourth-order valence-corrected chi connectivity index (χ4v) is 1.41. The van der Waals surface area contributed by atoms with Gasteiger partial charge in [-0.1, -0.05) is 34.1 Å². The first-order valence-electron chi connectivity index (χ1n) is 4.49. The molecule has 0 bridgehead atoms. The molecule has 0 aliphatic heterocycles. The lowest BCUT2D eigenvalue weighted by Crippen LogP contribution is -1.93. The summed E-state index contributed by atoms with van der Waals surface area (Å²) in [6, 6.07) is 5.67. The van der Waals surface area contributed by atoms with E-state index in [1.807, 2.05) is 24.3 Å². The maximum Gasteiger partial charge on any atom is 0.0702 e. The van der Waals surface area contributed by atoms with Gasteiger partial charge in [0, 0.05) is 16.6 Å². The Morgan fingerprint density at radius 3 is 2.86 bits per heavy atom. The van der Waals surface area contributed by atoms with Gasteiger partial charge in [-0.25, -0.2) is 0 Å². The van der Waals surface area contributed by atoms with Gasteiger partial charge < -0.3 is 10.8 Å². The average Bonchev–Trinajstić information content (AvgIpc) is 2.21. The van der Waals surface area contributed by atoms with Gasteiger partial charge in [-0.05, 0) is 24.1 Å². The van der Waals surface area contributed by atoms with Gasteiger partial charge in [-0.2, -0.15) is 0 Å². The van der Waals surface area contributed by atoms with Crippen LogP contribution in [0.15, 0.2) is 24.3 Å². The smallest absolute Gasteiger partial charge is 0.0702 e. The predicted molar refractivity (Wildman–Crippen MR) is 64.2 cm³/mol. The first kappa shape index (κ1) is 11.3. The summed E-state index contributed by atoms with van der Waals surface area (Å²) in [4.78, 5) is 0. The van der Waals surface area contributed by atoms with E-state index in [2.05, 4.69) is 22.0 Å². The number of halogens is 1. The van der Waals surface area contributed by atoms with Gasteiger partial charge in [0.1, 0.15) is 0 Å². The standard InChI is InChI=1S/C11H14BrNO/c12-6-2-1-3-9-4-5-11(13)10(7-9)8-14/h1,3-5,7,14H,2,6,8,13H2. The highest BCUT2D eigenvalue weighted by Crippen LogP contribution is 2.15. The summed E-state index contributed by atoms with van der Waals surface area (Å²) in [7, 11) is 0. The molecule has 0 atom stereocenters. The summed E-state index contributed by atoms with van der Waals surface area (Å²) >= 11 is 3.35. The Labute approximate surface area is 92.6 Å². The van der Waals surface area contributed by atoms with E-state index in [0.29, 0.717) is 5.69 Å². The van der Waals surface area contributed by atoms with Crippen LogP contribution in [0.25, 0.3) is 6.08 Å². The van der Waals surface area contributed by atoms with Crippen LogP contribution in [-0.4, -0.2) is 10.4 Å². The minimum atomic E-state index is -0.00798. The maximum absolute atomic E-state index is 9.00. The minimum absolute atomic E-state index is 0.00798. The van der Waals surface area contributed by atoms with Crippen LogP contribution in [0.3, 0.4) is 0 Å². The average molecular weight is 256 g/mol. The quantitative estimate of drug-likeness (QED) is 0.642. The Hall–Kier alpha value is -0.800. The molecule has 0 saturated carbocycles. The molecule has 0 unspecified atom stereocenters. The zero-order valence-electron chi connectivity index (χ0n) is 7.91. The van der Waals surface area contributed by atoms with Gasteiger partial charge >= 0.3 is 0 Å². The summed E-state index contributed by atoms with van der Waals surface area (Å²) in [6.45, 7) is -0.00798. The lowest BCUT2D eigenvalue weighted by atomic mass is 10.1. The largest absolute Gasteiger partial charge is 0.398 e. The number of aliphatic hydroxyl groups excluding tert-OH is 1. The van der Waals surface area contributed by atoms with E-state index >= 15 is 0 Å². The summed E-state index contributed by atoms with van der Waals surface area (Å²) < 4.78 is 0. The van der Waals surface area contributed by atoms with Crippen LogP contribution in [-0.2, 0) is 6.61 Å². The molecule has 0 amide bonds. The van der Waals surface area contributed by atoms with E-state index in [0.717, 1.165) is 22.9 Å². The molecule has 3 N–H and O–H groups in total. The van der Waals surface area contributed by atoms with Crippen molar-refractivity contribution in [1.82, 2.24) is 0 Å². The Morgan fingerprint density at radius 1 is 1.43 bits per heavy atom. The normalized spacial score (nSPS) is 11.0. The molecule has 0 aliphatic rings. The monoisotopic (exact) mass is 255 g/mol. The SMILES string of the molecule is Nc1ccc(C=CCCBr)cc1CO. The first-order valence-corrected chi connectivity index (χ1v) is 5.62. The third-order valence-corrected chi connectivity index (χ3v) is 2.38. The molecule has 0 radical (unpaired) electrons. The fourth-order valence-electron chi connectivity index (χ4n) is 1.15. The summed E-state index contributed by atoms with van der Waals surface area (Å²) in [5.41, 5.74) is 8.16. The lowest BCUT2D eigenvalue weighted by molar-refractivity contribution is 0.282. The molecule has 1 rings (SSSR count). The van der Waals surface area contributed by atoms with Crippen molar-refractivity contribution in [2.75, 3.05) is 11.1 Å². The molecule has 0 fully saturated rings. The van der Waals surface area contributed by atoms with Crippen molar-refractivity contribution in [2.24, 2.45) is 0 Å². The molecule has 76 valence electrons. The third-order valence-electron chi connectivity index (χ3n) is 1.92. The number of rotatable bonds is 4. The number of hydrogen-bond donors (Lipinski definition) is 2. The third kappa shape index (κ3) is 3.16. The molecule has 14 heavy (non-hydrogen) atoms. The van der Waals surface area contributed by atoms with Crippen LogP contribution >= 0.6 is 15.9 Å². The van der Waals surface area contributed by atoms with Gasteiger partial charge in [0.25, 0.3) is 0 Å². The number of nitrogen functional groups attached to an aromatic ring is 1. The summed E-state index contributed by atoms with van der Waals surface area (Å²) in [6.07, 6.45) is 5.11. The van der Waals surface area contributed by atoms with Crippen LogP contribution in [0, 0.1) is 0 Å². The zero-order chi connectivity index (χ0) is 10.4. The molecule has 2 nitrogen and oxygen atoms in total. The van der Waals surface area contributed by atoms with Gasteiger partial charge in [0.2, 0.25) is 0 Å². The molecule has 3 heteroatoms. The van der Waals surface area contributed by atoms with Crippen LogP contribution < -0.4 is 5.73 Å². The maximum atomic E-state index is 9.00. The molecular weight excluding hydrogens is 242 g/mol. The molecule has 0 saturated heterocycles. The zero-order valence-corrected chi connectivity index (χ0v) is 9.50. The second kappa shape index (κ2) is 5.83. The van der Waals surface area contributed by atoms with Gasteiger partial charge in [-0.15, -0.1) is 0 Å². The van der Waals surface area contributed by atoms with Crippen molar-refractivity contribution in [2.45, 2.75) is 13.0 Å². The van der Waals surface area contributed by atoms with Crippen molar-refractivity contribution >= 4 is 27.7 Å². The molecule has 0 heterocycles. The molecule has 0 aliphatic carbocycles. The molecule has 0 spiro atoms. The number of alkyl halides is 1. The Kier molecular flexibility index (Phi) is 4.70. The van der Waals surface area contributed by atoms with Crippen molar-refractivity contribution in [3.8, 4) is 0 Å². The highest BCUT2D eigenvalue weighted by molar-refractivity contribution is 9.09. The predicted octanol–water partition coefficient (Wildman–Crippen LogP) is 2.56. The Balaban J connectivity index is 2.79. The topological polar surface area (TPSA) is 46.2 Å². The van der Waals surface area contributed by atoms with E-state index in [-0.39, 0.29) is 6.61 Å². The van der Waals surface area contributed by atoms with Crippen LogP contribution in [0.5, 0.6) is 0 Å². The second-order valence-electron chi connectivity index (χ2n) is 3.00. The van der Waals surface area contributed by atoms with Crippen LogP contribution in [0.1, 0.15) is 17.5 Å². The number of aliphatic hydroxyl groups is 1. The minimum Gasteiger partial charge on any atom is -0.398 e. The van der Waals surface area contributed by atoms with E-state index in [1.165, 1.54) is 0 Å². The molecule has 1 aromatic rings. The number of allylic oxidation sites excluding steroid dienone is 1. The highest BCUT2D eigenvalue weighted by Gasteiger charge is 1.97. The highest BCUT2D eigenvalue weighted by atomic mass is 79.9. The molecular formula is C11H14BrNO. The van der Waals surface area contributed by atoms with Gasteiger partial charge in [-0.3, -0.25) is 0 Å². The summed E-state index contributed by atoms with van der Waals surface area (Å²) in [5, 5.41) is 9.97. The number of hydrogen-bond acceptors (Lipinski definition) is 2. The molecule has 0 aromatic heterocycles. The summed E-state index contributed by atoms with van der Waals surface area (Å²) in [5.74, 6) is 0. The van der Waals surface area contributed by atoms with Gasteiger partial charge in [0.05, 0.1) is 6.61 Å². The second-order valence-corrected chi connectivity index (χ2v) is 3.79. The van der Waals surface area contributed by atoms with E-state index in [9.17, 15) is 0 Å². The lowest BCUT2D eigenvalue weighted by Gasteiger charge is -2.02. The first-order chi connectivity index (χ1) is 6.77. The van der Waals surface area contributed by atoms with E-state index < -0.39 is 0 Å².